The Balaban J connectivity index is 2.86. The molecule has 7 heteroatoms. The third kappa shape index (κ3) is 4.96. The Bertz CT molecular complexity index is 552. The number of nitrogens with one attached hydrogen (secondary N) is 1. The Hall–Kier alpha value is -1.89. The van der Waals surface area contributed by atoms with Crippen LogP contribution in [0.1, 0.15) is 19.0 Å². The van der Waals surface area contributed by atoms with E-state index in [4.69, 9.17) is 5.11 Å². The van der Waals surface area contributed by atoms with Crippen LogP contribution in [0, 0.1) is 0 Å². The molecule has 0 atom stereocenters. The number of anilines is 1. The molecule has 0 radical (unpaired) electrons. The molecule has 0 unspecified atom stereocenters. The summed E-state index contributed by atoms with van der Waals surface area (Å²) in [5, 5.41) is 8.47. The number of pyridine rings is 1. The summed E-state index contributed by atoms with van der Waals surface area (Å²) in [6.07, 6.45) is 2.74. The lowest BCUT2D eigenvalue weighted by atomic mass is 10.3. The molecule has 0 saturated heterocycles. The van der Waals surface area contributed by atoms with Crippen LogP contribution in [0.3, 0.4) is 0 Å². The van der Waals surface area contributed by atoms with Crippen molar-refractivity contribution >= 4 is 27.9 Å². The number of nitrogens with zero attached hydrogens (tertiary/aromatic N) is 1. The van der Waals surface area contributed by atoms with E-state index in [-0.39, 0.29) is 11.6 Å². The lowest BCUT2D eigenvalue weighted by Gasteiger charge is -2.06. The van der Waals surface area contributed by atoms with E-state index in [1.54, 1.807) is 19.1 Å². The summed E-state index contributed by atoms with van der Waals surface area (Å²) in [7, 11) is -3.39. The number of aromatic nitrogens is 1. The summed E-state index contributed by atoms with van der Waals surface area (Å²) < 4.78 is 25.4. The average Bonchev–Trinajstić information content (AvgIpc) is 2.26. The minimum atomic E-state index is -3.39. The molecule has 0 fully saturated rings. The van der Waals surface area contributed by atoms with Crippen LogP contribution < -0.4 is 4.72 Å². The van der Waals surface area contributed by atoms with E-state index in [0.717, 1.165) is 6.08 Å². The molecule has 0 aliphatic carbocycles. The first-order chi connectivity index (χ1) is 8.43. The minimum absolute atomic E-state index is 0.0177. The smallest absolute Gasteiger partial charge is 0.328 e. The molecule has 0 aromatic carbocycles. The number of hydrogen-bond acceptors (Lipinski definition) is 4. The topological polar surface area (TPSA) is 96.4 Å². The fourth-order valence-corrected chi connectivity index (χ4v) is 2.31. The van der Waals surface area contributed by atoms with Gasteiger partial charge in [0.25, 0.3) is 0 Å². The zero-order valence-corrected chi connectivity index (χ0v) is 10.6. The van der Waals surface area contributed by atoms with Crippen molar-refractivity contribution in [1.29, 1.82) is 0 Å². The van der Waals surface area contributed by atoms with Gasteiger partial charge in [0, 0.05) is 6.08 Å². The second-order valence-electron chi connectivity index (χ2n) is 3.54. The van der Waals surface area contributed by atoms with Crippen molar-refractivity contribution in [3.63, 3.8) is 0 Å². The summed E-state index contributed by atoms with van der Waals surface area (Å²) in [5.41, 5.74) is 0.370. The standard InChI is InChI=1S/C11H14N2O4S/c1-2-8-18(16,17)13-10-5-3-4-9(12-10)6-7-11(14)15/h3-7H,2,8H2,1H3,(H,12,13)(H,14,15). The van der Waals surface area contributed by atoms with Crippen LogP contribution >= 0.6 is 0 Å². The summed E-state index contributed by atoms with van der Waals surface area (Å²) in [6, 6.07) is 4.68. The van der Waals surface area contributed by atoms with Gasteiger partial charge in [0.15, 0.2) is 0 Å². The summed E-state index contributed by atoms with van der Waals surface area (Å²) in [5.74, 6) is -0.895. The summed E-state index contributed by atoms with van der Waals surface area (Å²) >= 11 is 0. The van der Waals surface area contributed by atoms with Crippen molar-refractivity contribution in [2.24, 2.45) is 0 Å². The van der Waals surface area contributed by atoms with Crippen molar-refractivity contribution in [1.82, 2.24) is 4.98 Å². The lowest BCUT2D eigenvalue weighted by molar-refractivity contribution is -0.131. The predicted octanol–water partition coefficient (Wildman–Crippen LogP) is 1.33. The first-order valence-corrected chi connectivity index (χ1v) is 6.97. The molecular formula is C11H14N2O4S. The Morgan fingerprint density at radius 3 is 2.83 bits per heavy atom. The molecule has 0 saturated carbocycles. The molecule has 6 nitrogen and oxygen atoms in total. The van der Waals surface area contributed by atoms with Gasteiger partial charge in [-0.25, -0.2) is 18.2 Å². The van der Waals surface area contributed by atoms with Crippen LogP contribution in [0.2, 0.25) is 0 Å². The van der Waals surface area contributed by atoms with Gasteiger partial charge in [-0.2, -0.15) is 0 Å². The molecular weight excluding hydrogens is 256 g/mol. The van der Waals surface area contributed by atoms with E-state index in [0.29, 0.717) is 12.1 Å². The Labute approximate surface area is 105 Å². The Morgan fingerprint density at radius 1 is 1.50 bits per heavy atom. The van der Waals surface area contributed by atoms with E-state index in [1.807, 2.05) is 0 Å². The SMILES string of the molecule is CCCS(=O)(=O)Nc1cccc(C=CC(=O)O)n1. The zero-order chi connectivity index (χ0) is 13.6. The van der Waals surface area contributed by atoms with Gasteiger partial charge < -0.3 is 5.11 Å². The van der Waals surface area contributed by atoms with E-state index in [2.05, 4.69) is 9.71 Å². The number of rotatable bonds is 6. The van der Waals surface area contributed by atoms with Gasteiger partial charge in [0.2, 0.25) is 10.0 Å². The second-order valence-corrected chi connectivity index (χ2v) is 5.38. The Kier molecular flexibility index (Phi) is 4.85. The summed E-state index contributed by atoms with van der Waals surface area (Å²) in [4.78, 5) is 14.3. The van der Waals surface area contributed by atoms with Crippen LogP contribution in [0.4, 0.5) is 5.82 Å². The molecule has 18 heavy (non-hydrogen) atoms. The minimum Gasteiger partial charge on any atom is -0.478 e. The number of carboxylic acids is 1. The normalized spacial score (nSPS) is 11.6. The van der Waals surface area contributed by atoms with E-state index in [9.17, 15) is 13.2 Å². The fourth-order valence-electron chi connectivity index (χ4n) is 1.24. The van der Waals surface area contributed by atoms with Crippen molar-refractivity contribution in [3.8, 4) is 0 Å². The molecule has 1 rings (SSSR count). The maximum Gasteiger partial charge on any atom is 0.328 e. The maximum atomic E-state index is 11.5. The van der Waals surface area contributed by atoms with Gasteiger partial charge in [0.05, 0.1) is 11.4 Å². The number of carboxylic acid groups (broad SMARTS) is 1. The highest BCUT2D eigenvalue weighted by Crippen LogP contribution is 2.09. The third-order valence-corrected chi connectivity index (χ3v) is 3.37. The first-order valence-electron chi connectivity index (χ1n) is 5.31. The number of aliphatic carboxylic acids is 1. The van der Waals surface area contributed by atoms with Crippen LogP contribution in [0.5, 0.6) is 0 Å². The molecule has 0 spiro atoms. The molecule has 0 aliphatic heterocycles. The highest BCUT2D eigenvalue weighted by atomic mass is 32.2. The molecule has 0 amide bonds. The van der Waals surface area contributed by atoms with Crippen molar-refractivity contribution < 1.29 is 18.3 Å². The quantitative estimate of drug-likeness (QED) is 0.760. The van der Waals surface area contributed by atoms with Crippen LogP contribution in [0.15, 0.2) is 24.3 Å². The zero-order valence-electron chi connectivity index (χ0n) is 9.83. The van der Waals surface area contributed by atoms with Gasteiger partial charge >= 0.3 is 5.97 Å². The fraction of sp³-hybridized carbons (Fsp3) is 0.273. The van der Waals surface area contributed by atoms with Crippen LogP contribution in [-0.4, -0.2) is 30.2 Å². The average molecular weight is 270 g/mol. The highest BCUT2D eigenvalue weighted by Gasteiger charge is 2.09. The maximum absolute atomic E-state index is 11.5. The summed E-state index contributed by atoms with van der Waals surface area (Å²) in [6.45, 7) is 1.76. The molecule has 0 bridgehead atoms. The Morgan fingerprint density at radius 2 is 2.22 bits per heavy atom. The van der Waals surface area contributed by atoms with E-state index in [1.165, 1.54) is 12.1 Å². The molecule has 0 aliphatic rings. The van der Waals surface area contributed by atoms with Crippen molar-refractivity contribution in [2.45, 2.75) is 13.3 Å². The van der Waals surface area contributed by atoms with Gasteiger partial charge in [-0.15, -0.1) is 0 Å². The molecule has 1 heterocycles. The van der Waals surface area contributed by atoms with Crippen molar-refractivity contribution in [2.75, 3.05) is 10.5 Å². The number of carbonyl (C=O) groups is 1. The van der Waals surface area contributed by atoms with Gasteiger partial charge in [-0.05, 0) is 24.6 Å². The first kappa shape index (κ1) is 14.2. The number of hydrogen-bond donors (Lipinski definition) is 2. The molecule has 1 aromatic rings. The largest absolute Gasteiger partial charge is 0.478 e. The van der Waals surface area contributed by atoms with Gasteiger partial charge in [-0.3, -0.25) is 4.72 Å². The lowest BCUT2D eigenvalue weighted by Crippen LogP contribution is -2.17. The number of sulfonamides is 1. The van der Waals surface area contributed by atoms with Gasteiger partial charge in [0.1, 0.15) is 5.82 Å². The second kappa shape index (κ2) is 6.15. The van der Waals surface area contributed by atoms with Crippen molar-refractivity contribution in [3.05, 3.63) is 30.0 Å². The van der Waals surface area contributed by atoms with Gasteiger partial charge in [-0.1, -0.05) is 13.0 Å². The molecule has 2 N–H and O–H groups in total. The van der Waals surface area contributed by atoms with E-state index >= 15 is 0 Å². The van der Waals surface area contributed by atoms with Crippen LogP contribution in [-0.2, 0) is 14.8 Å². The van der Waals surface area contributed by atoms with E-state index < -0.39 is 16.0 Å². The predicted molar refractivity (Wildman–Crippen MR) is 68.6 cm³/mol. The van der Waals surface area contributed by atoms with Crippen LogP contribution in [0.25, 0.3) is 6.08 Å². The molecule has 98 valence electrons. The monoisotopic (exact) mass is 270 g/mol. The molecule has 1 aromatic heterocycles. The third-order valence-electron chi connectivity index (χ3n) is 1.90. The highest BCUT2D eigenvalue weighted by molar-refractivity contribution is 7.92.